The Morgan fingerprint density at radius 3 is 2.39 bits per heavy atom. The molecule has 1 N–H and O–H groups in total. The highest BCUT2D eigenvalue weighted by atomic mass is 16.1. The molecule has 1 heterocycles. The van der Waals surface area contributed by atoms with Crippen LogP contribution in [0.15, 0.2) is 73.4 Å². The van der Waals surface area contributed by atoms with Crippen LogP contribution in [0.25, 0.3) is 16.8 Å². The van der Waals surface area contributed by atoms with Crippen LogP contribution in [0.3, 0.4) is 0 Å². The number of benzene rings is 2. The Morgan fingerprint density at radius 1 is 1.03 bits per heavy atom. The molecule has 0 bridgehead atoms. The summed E-state index contributed by atoms with van der Waals surface area (Å²) in [6.45, 7) is 7.98. The SMILES string of the molecule is C=C(c1cc(C)cnc1N(C=O)c1cccc(-c2ccccc2)c1)N(C)C1CCC(NC(C)=O)CC1. The summed E-state index contributed by atoms with van der Waals surface area (Å²) >= 11 is 0. The smallest absolute Gasteiger partial charge is 0.219 e. The molecule has 1 saturated carbocycles. The first-order valence-corrected chi connectivity index (χ1v) is 12.4. The third-order valence-corrected chi connectivity index (χ3v) is 6.96. The number of aryl methyl sites for hydroxylation is 1. The summed E-state index contributed by atoms with van der Waals surface area (Å²) in [6.07, 6.45) is 6.40. The van der Waals surface area contributed by atoms with E-state index in [4.69, 9.17) is 0 Å². The van der Waals surface area contributed by atoms with Gasteiger partial charge in [0.05, 0.1) is 5.69 Å². The lowest BCUT2D eigenvalue weighted by molar-refractivity contribution is -0.120. The molecular weight excluding hydrogens is 448 g/mol. The van der Waals surface area contributed by atoms with Crippen molar-refractivity contribution in [3.05, 3.63) is 84.6 Å². The van der Waals surface area contributed by atoms with Crippen LogP contribution in [0.4, 0.5) is 11.5 Å². The molecular formula is C30H34N4O2. The van der Waals surface area contributed by atoms with Gasteiger partial charge >= 0.3 is 0 Å². The Bertz CT molecular complexity index is 1230. The van der Waals surface area contributed by atoms with Gasteiger partial charge in [0.2, 0.25) is 12.3 Å². The third-order valence-electron chi connectivity index (χ3n) is 6.96. The van der Waals surface area contributed by atoms with Crippen LogP contribution in [-0.4, -0.2) is 41.3 Å². The normalized spacial score (nSPS) is 17.2. The molecule has 6 nitrogen and oxygen atoms in total. The van der Waals surface area contributed by atoms with Crippen LogP contribution in [0.1, 0.15) is 43.7 Å². The molecule has 0 saturated heterocycles. The van der Waals surface area contributed by atoms with E-state index in [0.29, 0.717) is 11.9 Å². The molecule has 3 aromatic rings. The number of hydrogen-bond acceptors (Lipinski definition) is 4. The van der Waals surface area contributed by atoms with E-state index < -0.39 is 0 Å². The lowest BCUT2D eigenvalue weighted by Gasteiger charge is -2.37. The monoisotopic (exact) mass is 482 g/mol. The van der Waals surface area contributed by atoms with Crippen molar-refractivity contribution in [3.63, 3.8) is 0 Å². The van der Waals surface area contributed by atoms with Gasteiger partial charge < -0.3 is 10.2 Å². The number of hydrogen-bond donors (Lipinski definition) is 1. The molecule has 0 radical (unpaired) electrons. The van der Waals surface area contributed by atoms with Crippen molar-refractivity contribution in [3.8, 4) is 11.1 Å². The number of aromatic nitrogens is 1. The molecule has 1 fully saturated rings. The largest absolute Gasteiger partial charge is 0.371 e. The number of anilines is 2. The lowest BCUT2D eigenvalue weighted by atomic mass is 9.89. The average molecular weight is 483 g/mol. The Hall–Kier alpha value is -3.93. The maximum absolute atomic E-state index is 12.4. The molecule has 4 rings (SSSR count). The average Bonchev–Trinajstić information content (AvgIpc) is 2.90. The van der Waals surface area contributed by atoms with Gasteiger partial charge in [0.25, 0.3) is 0 Å². The quantitative estimate of drug-likeness (QED) is 0.418. The van der Waals surface area contributed by atoms with E-state index in [1.165, 1.54) is 0 Å². The molecule has 1 aliphatic rings. The molecule has 0 spiro atoms. The predicted molar refractivity (Wildman–Crippen MR) is 146 cm³/mol. The fraction of sp³-hybridized carbons (Fsp3) is 0.300. The Morgan fingerprint density at radius 2 is 1.72 bits per heavy atom. The number of rotatable bonds is 8. The van der Waals surface area contributed by atoms with Gasteiger partial charge in [-0.15, -0.1) is 0 Å². The number of pyridine rings is 1. The highest BCUT2D eigenvalue weighted by Gasteiger charge is 2.27. The van der Waals surface area contributed by atoms with Crippen molar-refractivity contribution in [2.75, 3.05) is 11.9 Å². The zero-order valence-corrected chi connectivity index (χ0v) is 21.3. The molecule has 1 aliphatic carbocycles. The van der Waals surface area contributed by atoms with Gasteiger partial charge in [0.15, 0.2) is 0 Å². The summed E-state index contributed by atoms with van der Waals surface area (Å²) in [5.41, 5.74) is 5.52. The van der Waals surface area contributed by atoms with Crippen LogP contribution < -0.4 is 10.2 Å². The van der Waals surface area contributed by atoms with Gasteiger partial charge in [-0.2, -0.15) is 0 Å². The maximum Gasteiger partial charge on any atom is 0.219 e. The second-order valence-corrected chi connectivity index (χ2v) is 9.54. The number of nitrogens with zero attached hydrogens (tertiary/aromatic N) is 3. The highest BCUT2D eigenvalue weighted by Crippen LogP contribution is 2.35. The molecule has 1 aromatic heterocycles. The van der Waals surface area contributed by atoms with Crippen LogP contribution >= 0.6 is 0 Å². The minimum Gasteiger partial charge on any atom is -0.371 e. The topological polar surface area (TPSA) is 65.5 Å². The Balaban J connectivity index is 1.61. The van der Waals surface area contributed by atoms with E-state index in [0.717, 1.165) is 65.7 Å². The summed E-state index contributed by atoms with van der Waals surface area (Å²) in [5, 5.41) is 3.04. The van der Waals surface area contributed by atoms with Crippen LogP contribution in [0.5, 0.6) is 0 Å². The number of nitrogens with one attached hydrogen (secondary N) is 1. The van der Waals surface area contributed by atoms with Crippen molar-refractivity contribution >= 4 is 29.5 Å². The van der Waals surface area contributed by atoms with E-state index in [2.05, 4.69) is 41.0 Å². The predicted octanol–water partition coefficient (Wildman–Crippen LogP) is 5.70. The summed E-state index contributed by atoms with van der Waals surface area (Å²) < 4.78 is 0. The summed E-state index contributed by atoms with van der Waals surface area (Å²) in [7, 11) is 2.05. The van der Waals surface area contributed by atoms with E-state index in [1.54, 1.807) is 18.0 Å². The fourth-order valence-electron chi connectivity index (χ4n) is 4.97. The molecule has 6 heteroatoms. The molecule has 186 valence electrons. The van der Waals surface area contributed by atoms with E-state index >= 15 is 0 Å². The van der Waals surface area contributed by atoms with Crippen molar-refractivity contribution in [2.24, 2.45) is 0 Å². The second-order valence-electron chi connectivity index (χ2n) is 9.54. The number of carbonyl (C=O) groups excluding carboxylic acids is 2. The minimum atomic E-state index is 0.0250. The summed E-state index contributed by atoms with van der Waals surface area (Å²) in [4.78, 5) is 32.3. The Labute approximate surface area is 213 Å². The molecule has 2 amide bonds. The molecule has 2 aromatic carbocycles. The molecule has 36 heavy (non-hydrogen) atoms. The van der Waals surface area contributed by atoms with Gasteiger partial charge in [0.1, 0.15) is 5.82 Å². The third kappa shape index (κ3) is 5.65. The molecule has 0 atom stereocenters. The molecule has 0 unspecified atom stereocenters. The van der Waals surface area contributed by atoms with Crippen LogP contribution in [-0.2, 0) is 9.59 Å². The maximum atomic E-state index is 12.4. The van der Waals surface area contributed by atoms with Gasteiger partial charge in [-0.3, -0.25) is 14.5 Å². The van der Waals surface area contributed by atoms with E-state index in [9.17, 15) is 9.59 Å². The van der Waals surface area contributed by atoms with E-state index in [1.807, 2.05) is 55.5 Å². The van der Waals surface area contributed by atoms with Gasteiger partial charge in [-0.1, -0.05) is 49.0 Å². The standard InChI is InChI=1S/C30H34N4O2/c1-21-17-29(22(2)33(4)27-15-13-26(14-16-27)32-23(3)36)30(31-19-21)34(20-35)28-12-8-11-25(18-28)24-9-6-5-7-10-24/h5-12,17-20,26-27H,2,13-16H2,1,3-4H3,(H,32,36). The van der Waals surface area contributed by atoms with Crippen molar-refractivity contribution in [1.82, 2.24) is 15.2 Å². The zero-order valence-electron chi connectivity index (χ0n) is 21.3. The number of amides is 2. The first kappa shape index (κ1) is 25.2. The first-order valence-electron chi connectivity index (χ1n) is 12.4. The minimum absolute atomic E-state index is 0.0250. The zero-order chi connectivity index (χ0) is 25.7. The first-order chi connectivity index (χ1) is 17.4. The highest BCUT2D eigenvalue weighted by molar-refractivity contribution is 5.91. The number of carbonyl (C=O) groups is 2. The Kier molecular flexibility index (Phi) is 7.84. The van der Waals surface area contributed by atoms with Gasteiger partial charge in [0, 0.05) is 43.5 Å². The van der Waals surface area contributed by atoms with Crippen molar-refractivity contribution in [2.45, 2.75) is 51.6 Å². The van der Waals surface area contributed by atoms with E-state index in [-0.39, 0.29) is 11.9 Å². The fourth-order valence-corrected chi connectivity index (χ4v) is 4.97. The molecule has 0 aliphatic heterocycles. The van der Waals surface area contributed by atoms with Crippen molar-refractivity contribution < 1.29 is 9.59 Å². The van der Waals surface area contributed by atoms with Crippen LogP contribution in [0, 0.1) is 6.92 Å². The van der Waals surface area contributed by atoms with Crippen molar-refractivity contribution in [1.29, 1.82) is 0 Å². The lowest BCUT2D eigenvalue weighted by Crippen LogP contribution is -2.41. The second kappa shape index (κ2) is 11.2. The van der Waals surface area contributed by atoms with Gasteiger partial charge in [-0.05, 0) is 67.5 Å². The van der Waals surface area contributed by atoms with Crippen LogP contribution in [0.2, 0.25) is 0 Å². The summed E-state index contributed by atoms with van der Waals surface area (Å²) in [6, 6.07) is 20.6. The van der Waals surface area contributed by atoms with Gasteiger partial charge in [-0.25, -0.2) is 4.98 Å². The summed E-state index contributed by atoms with van der Waals surface area (Å²) in [5.74, 6) is 0.585.